The first kappa shape index (κ1) is 13.7. The monoisotopic (exact) mass is 281 g/mol. The van der Waals surface area contributed by atoms with Crippen LogP contribution in [0.5, 0.6) is 0 Å². The fourth-order valence-electron chi connectivity index (χ4n) is 2.94. The number of hydrogen-bond acceptors (Lipinski definition) is 4. The summed E-state index contributed by atoms with van der Waals surface area (Å²) >= 11 is 0. The lowest BCUT2D eigenvalue weighted by Gasteiger charge is -2.26. The number of aromatic nitrogens is 2. The molecule has 1 N–H and O–H groups in total. The van der Waals surface area contributed by atoms with E-state index in [1.807, 2.05) is 6.92 Å². The first-order valence-corrected chi connectivity index (χ1v) is 7.34. The van der Waals surface area contributed by atoms with E-state index in [1.54, 1.807) is 6.20 Å². The Morgan fingerprint density at radius 1 is 1.33 bits per heavy atom. The van der Waals surface area contributed by atoms with Gasteiger partial charge in [0.2, 0.25) is 5.95 Å². The molecule has 4 nitrogen and oxygen atoms in total. The summed E-state index contributed by atoms with van der Waals surface area (Å²) in [4.78, 5) is 20.1. The smallest absolute Gasteiger partial charge is 0.223 e. The van der Waals surface area contributed by atoms with Crippen molar-refractivity contribution in [3.63, 3.8) is 0 Å². The van der Waals surface area contributed by atoms with Crippen LogP contribution in [0.4, 0.5) is 5.95 Å². The largest absolute Gasteiger partial charge is 0.347 e. The molecule has 2 aromatic rings. The summed E-state index contributed by atoms with van der Waals surface area (Å²) in [7, 11) is 0. The molecule has 1 aromatic heterocycles. The number of nitrogens with one attached hydrogen (secondary N) is 1. The van der Waals surface area contributed by atoms with Crippen LogP contribution in [0.3, 0.4) is 0 Å². The number of Topliss-reactive ketones (excluding diaryl/α,β-unsaturated/α-hetero) is 1. The van der Waals surface area contributed by atoms with Crippen molar-refractivity contribution in [2.24, 2.45) is 0 Å². The van der Waals surface area contributed by atoms with E-state index in [-0.39, 0.29) is 11.8 Å². The van der Waals surface area contributed by atoms with Gasteiger partial charge in [0.25, 0.3) is 0 Å². The van der Waals surface area contributed by atoms with Gasteiger partial charge in [-0.1, -0.05) is 24.3 Å². The van der Waals surface area contributed by atoms with E-state index in [1.165, 1.54) is 24.5 Å². The number of benzene rings is 1. The number of hydrogen-bond donors (Lipinski definition) is 1. The van der Waals surface area contributed by atoms with Crippen molar-refractivity contribution in [2.75, 3.05) is 5.32 Å². The number of ketones is 1. The molecule has 0 unspecified atom stereocenters. The van der Waals surface area contributed by atoms with E-state index in [4.69, 9.17) is 0 Å². The third kappa shape index (κ3) is 2.79. The van der Waals surface area contributed by atoms with Crippen LogP contribution in [0.25, 0.3) is 0 Å². The van der Waals surface area contributed by atoms with Crippen molar-refractivity contribution in [3.8, 4) is 0 Å². The number of aryl methyl sites for hydroxylation is 2. The highest BCUT2D eigenvalue weighted by molar-refractivity contribution is 5.94. The van der Waals surface area contributed by atoms with E-state index < -0.39 is 0 Å². The lowest BCUT2D eigenvalue weighted by Crippen LogP contribution is -2.19. The van der Waals surface area contributed by atoms with Crippen molar-refractivity contribution in [1.29, 1.82) is 0 Å². The Bertz CT molecular complexity index is 681. The fraction of sp³-hybridized carbons (Fsp3) is 0.353. The van der Waals surface area contributed by atoms with Crippen molar-refractivity contribution >= 4 is 11.7 Å². The third-order valence-corrected chi connectivity index (χ3v) is 4.03. The van der Waals surface area contributed by atoms with Crippen LogP contribution in [0.1, 0.15) is 53.0 Å². The van der Waals surface area contributed by atoms with E-state index >= 15 is 0 Å². The molecule has 0 radical (unpaired) electrons. The number of nitrogens with zero attached hydrogens (tertiary/aromatic N) is 2. The minimum absolute atomic E-state index is 0.00191. The first-order chi connectivity index (χ1) is 10.1. The molecular weight excluding hydrogens is 262 g/mol. The zero-order valence-electron chi connectivity index (χ0n) is 12.4. The Morgan fingerprint density at radius 3 is 2.90 bits per heavy atom. The third-order valence-electron chi connectivity index (χ3n) is 4.03. The Labute approximate surface area is 124 Å². The second-order valence-electron chi connectivity index (χ2n) is 5.54. The van der Waals surface area contributed by atoms with Gasteiger partial charge in [0, 0.05) is 6.20 Å². The Hall–Kier alpha value is -2.23. The molecule has 0 saturated carbocycles. The molecule has 4 heteroatoms. The van der Waals surface area contributed by atoms with Gasteiger partial charge in [-0.3, -0.25) is 4.79 Å². The molecule has 1 aliphatic rings. The molecule has 0 fully saturated rings. The van der Waals surface area contributed by atoms with Crippen LogP contribution in [-0.4, -0.2) is 15.8 Å². The summed E-state index contributed by atoms with van der Waals surface area (Å²) in [6, 6.07) is 8.77. The highest BCUT2D eigenvalue weighted by Crippen LogP contribution is 2.31. The number of carbonyl (C=O) groups is 1. The van der Waals surface area contributed by atoms with Gasteiger partial charge in [0.15, 0.2) is 5.78 Å². The molecule has 1 aromatic carbocycles. The number of anilines is 1. The molecule has 3 rings (SSSR count). The molecule has 108 valence electrons. The number of carbonyl (C=O) groups excluding carboxylic acids is 1. The summed E-state index contributed by atoms with van der Waals surface area (Å²) in [6.07, 6.45) is 4.99. The number of rotatable bonds is 3. The molecule has 21 heavy (non-hydrogen) atoms. The summed E-state index contributed by atoms with van der Waals surface area (Å²) in [5, 5.41) is 3.41. The molecule has 0 bridgehead atoms. The summed E-state index contributed by atoms with van der Waals surface area (Å²) in [6.45, 7) is 3.38. The van der Waals surface area contributed by atoms with E-state index in [2.05, 4.69) is 39.6 Å². The van der Waals surface area contributed by atoms with Gasteiger partial charge in [-0.15, -0.1) is 0 Å². The topological polar surface area (TPSA) is 54.9 Å². The van der Waals surface area contributed by atoms with Crippen molar-refractivity contribution < 1.29 is 4.79 Å². The van der Waals surface area contributed by atoms with E-state index in [9.17, 15) is 4.79 Å². The lowest BCUT2D eigenvalue weighted by atomic mass is 9.88. The van der Waals surface area contributed by atoms with Gasteiger partial charge >= 0.3 is 0 Å². The van der Waals surface area contributed by atoms with Crippen LogP contribution in [0, 0.1) is 6.92 Å². The standard InChI is InChI=1S/C17H19N3O/c1-11-15(12(2)21)10-18-17(19-11)20-16-9-5-7-13-6-3-4-8-14(13)16/h3-4,6,8,10,16H,5,7,9H2,1-2H3,(H,18,19,20)/t16-/m1/s1. The average molecular weight is 281 g/mol. The van der Waals surface area contributed by atoms with Gasteiger partial charge in [0.1, 0.15) is 0 Å². The maximum Gasteiger partial charge on any atom is 0.223 e. The molecule has 0 spiro atoms. The molecular formula is C17H19N3O. The zero-order chi connectivity index (χ0) is 14.8. The van der Waals surface area contributed by atoms with Crippen LogP contribution >= 0.6 is 0 Å². The molecule has 0 amide bonds. The molecule has 0 saturated heterocycles. The molecule has 0 aliphatic heterocycles. The maximum atomic E-state index is 11.4. The van der Waals surface area contributed by atoms with Crippen LogP contribution in [0.15, 0.2) is 30.5 Å². The summed E-state index contributed by atoms with van der Waals surface area (Å²) in [5.41, 5.74) is 4.05. The zero-order valence-corrected chi connectivity index (χ0v) is 12.4. The quantitative estimate of drug-likeness (QED) is 0.875. The lowest BCUT2D eigenvalue weighted by molar-refractivity contribution is 0.101. The van der Waals surface area contributed by atoms with Gasteiger partial charge in [-0.2, -0.15) is 0 Å². The average Bonchev–Trinajstić information content (AvgIpc) is 2.47. The highest BCUT2D eigenvalue weighted by Gasteiger charge is 2.20. The summed E-state index contributed by atoms with van der Waals surface area (Å²) < 4.78 is 0. The minimum atomic E-state index is 0.00191. The second kappa shape index (κ2) is 5.64. The number of fused-ring (bicyclic) bond motifs is 1. The van der Waals surface area contributed by atoms with Crippen LogP contribution < -0.4 is 5.32 Å². The second-order valence-corrected chi connectivity index (χ2v) is 5.54. The van der Waals surface area contributed by atoms with Crippen LogP contribution in [0.2, 0.25) is 0 Å². The van der Waals surface area contributed by atoms with Crippen molar-refractivity contribution in [3.05, 3.63) is 52.8 Å². The normalized spacial score (nSPS) is 17.1. The van der Waals surface area contributed by atoms with Gasteiger partial charge in [0.05, 0.1) is 17.3 Å². The van der Waals surface area contributed by atoms with Crippen molar-refractivity contribution in [1.82, 2.24) is 9.97 Å². The predicted octanol–water partition coefficient (Wildman–Crippen LogP) is 3.48. The molecule has 1 heterocycles. The Balaban J connectivity index is 1.85. The van der Waals surface area contributed by atoms with Gasteiger partial charge < -0.3 is 5.32 Å². The predicted molar refractivity (Wildman–Crippen MR) is 82.5 cm³/mol. The first-order valence-electron chi connectivity index (χ1n) is 7.34. The van der Waals surface area contributed by atoms with Crippen LogP contribution in [-0.2, 0) is 6.42 Å². The molecule has 1 atom stereocenters. The Morgan fingerprint density at radius 2 is 2.14 bits per heavy atom. The summed E-state index contributed by atoms with van der Waals surface area (Å²) in [5.74, 6) is 0.598. The van der Waals surface area contributed by atoms with E-state index in [0.29, 0.717) is 11.5 Å². The molecule has 1 aliphatic carbocycles. The minimum Gasteiger partial charge on any atom is -0.347 e. The SMILES string of the molecule is CC(=O)c1cnc(N[C@@H]2CCCc3ccccc32)nc1C. The van der Waals surface area contributed by atoms with Gasteiger partial charge in [-0.25, -0.2) is 9.97 Å². The Kier molecular flexibility index (Phi) is 3.69. The van der Waals surface area contributed by atoms with E-state index in [0.717, 1.165) is 18.5 Å². The highest BCUT2D eigenvalue weighted by atomic mass is 16.1. The van der Waals surface area contributed by atoms with Gasteiger partial charge in [-0.05, 0) is 44.2 Å². The fourth-order valence-corrected chi connectivity index (χ4v) is 2.94. The van der Waals surface area contributed by atoms with Crippen molar-refractivity contribution in [2.45, 2.75) is 39.2 Å². The maximum absolute atomic E-state index is 11.4.